The molecule has 0 aliphatic carbocycles. The van der Waals surface area contributed by atoms with Crippen molar-refractivity contribution in [1.29, 1.82) is 0 Å². The van der Waals surface area contributed by atoms with Crippen LogP contribution in [0, 0.1) is 13.8 Å². The van der Waals surface area contributed by atoms with Gasteiger partial charge in [0.15, 0.2) is 0 Å². The maximum atomic E-state index is 4.24. The number of aryl methyl sites for hydroxylation is 2. The van der Waals surface area contributed by atoms with Crippen LogP contribution in [0.4, 0.5) is 0 Å². The molecule has 3 heteroatoms. The predicted molar refractivity (Wildman–Crippen MR) is 46.8 cm³/mol. The Balaban J connectivity index is 2.91. The minimum Gasteiger partial charge on any atom is -0.261 e. The number of rotatable bonds is 0. The average molecular weight is 159 g/mol. The molecule has 12 heavy (non-hydrogen) atoms. The highest BCUT2D eigenvalue weighted by atomic mass is 15.1. The number of aromatic nitrogens is 3. The van der Waals surface area contributed by atoms with Gasteiger partial charge in [0.05, 0.1) is 12.4 Å². The lowest BCUT2D eigenvalue weighted by atomic mass is 10.1. The van der Waals surface area contributed by atoms with Gasteiger partial charge < -0.3 is 0 Å². The molecule has 0 bridgehead atoms. The van der Waals surface area contributed by atoms with Crippen LogP contribution in [0.1, 0.15) is 11.3 Å². The molecule has 2 aromatic heterocycles. The summed E-state index contributed by atoms with van der Waals surface area (Å²) in [6.45, 7) is 4.04. The Labute approximate surface area is 70.5 Å². The van der Waals surface area contributed by atoms with E-state index in [0.29, 0.717) is 0 Å². The van der Waals surface area contributed by atoms with E-state index in [4.69, 9.17) is 0 Å². The van der Waals surface area contributed by atoms with Gasteiger partial charge in [-0.1, -0.05) is 0 Å². The van der Waals surface area contributed by atoms with E-state index < -0.39 is 0 Å². The molecule has 0 saturated heterocycles. The van der Waals surface area contributed by atoms with Crippen LogP contribution in [0.3, 0.4) is 0 Å². The maximum absolute atomic E-state index is 4.24. The summed E-state index contributed by atoms with van der Waals surface area (Å²) in [4.78, 5) is 4.24. The molecule has 2 rings (SSSR count). The van der Waals surface area contributed by atoms with Gasteiger partial charge in [0.2, 0.25) is 0 Å². The first-order valence-electron chi connectivity index (χ1n) is 3.81. The molecular formula is C9H9N3. The normalized spacial score (nSPS) is 10.5. The Morgan fingerprint density at radius 1 is 1.00 bits per heavy atom. The van der Waals surface area contributed by atoms with Crippen LogP contribution in [0.5, 0.6) is 0 Å². The van der Waals surface area contributed by atoms with Gasteiger partial charge in [-0.05, 0) is 19.4 Å². The zero-order chi connectivity index (χ0) is 8.55. The number of fused-ring (bicyclic) bond motifs is 1. The van der Waals surface area contributed by atoms with Crippen LogP contribution in [0.25, 0.3) is 10.8 Å². The van der Waals surface area contributed by atoms with Gasteiger partial charge in [-0.2, -0.15) is 10.2 Å². The second-order valence-electron chi connectivity index (χ2n) is 2.83. The van der Waals surface area contributed by atoms with Gasteiger partial charge in [-0.25, -0.2) is 0 Å². The summed E-state index contributed by atoms with van der Waals surface area (Å²) in [7, 11) is 0. The molecular weight excluding hydrogens is 150 g/mol. The molecule has 0 aliphatic heterocycles. The summed E-state index contributed by atoms with van der Waals surface area (Å²) in [6, 6.07) is 0. The lowest BCUT2D eigenvalue weighted by Crippen LogP contribution is -1.90. The van der Waals surface area contributed by atoms with Crippen molar-refractivity contribution in [2.45, 2.75) is 13.8 Å². The van der Waals surface area contributed by atoms with E-state index in [1.165, 1.54) is 5.56 Å². The topological polar surface area (TPSA) is 38.7 Å². The molecule has 0 aromatic carbocycles. The summed E-state index contributed by atoms with van der Waals surface area (Å²) in [5, 5.41) is 9.82. The number of pyridine rings is 1. The Kier molecular flexibility index (Phi) is 1.50. The number of nitrogens with zero attached hydrogens (tertiary/aromatic N) is 3. The molecule has 0 unspecified atom stereocenters. The van der Waals surface area contributed by atoms with Gasteiger partial charge in [0.1, 0.15) is 0 Å². The number of hydrogen-bond acceptors (Lipinski definition) is 3. The van der Waals surface area contributed by atoms with Gasteiger partial charge in [0.25, 0.3) is 0 Å². The molecule has 0 amide bonds. The van der Waals surface area contributed by atoms with Crippen LogP contribution < -0.4 is 0 Å². The highest BCUT2D eigenvalue weighted by molar-refractivity contribution is 5.83. The first-order valence-corrected chi connectivity index (χ1v) is 3.81. The van der Waals surface area contributed by atoms with Crippen LogP contribution in [0.2, 0.25) is 0 Å². The van der Waals surface area contributed by atoms with E-state index in [9.17, 15) is 0 Å². The molecule has 0 fully saturated rings. The minimum atomic E-state index is 1.05. The van der Waals surface area contributed by atoms with Gasteiger partial charge in [-0.15, -0.1) is 0 Å². The fourth-order valence-corrected chi connectivity index (χ4v) is 1.20. The summed E-state index contributed by atoms with van der Waals surface area (Å²) < 4.78 is 0. The van der Waals surface area contributed by atoms with E-state index in [-0.39, 0.29) is 0 Å². The van der Waals surface area contributed by atoms with E-state index in [1.54, 1.807) is 12.4 Å². The predicted octanol–water partition coefficient (Wildman–Crippen LogP) is 1.64. The quantitative estimate of drug-likeness (QED) is 0.586. The summed E-state index contributed by atoms with van der Waals surface area (Å²) in [5.74, 6) is 0. The third-order valence-corrected chi connectivity index (χ3v) is 2.11. The Bertz CT molecular complexity index is 423. The third-order valence-electron chi connectivity index (χ3n) is 2.11. The zero-order valence-corrected chi connectivity index (χ0v) is 7.07. The molecule has 2 aromatic rings. The largest absolute Gasteiger partial charge is 0.261 e. The van der Waals surface area contributed by atoms with Crippen LogP contribution in [-0.2, 0) is 0 Å². The maximum Gasteiger partial charge on any atom is 0.0590 e. The highest BCUT2D eigenvalue weighted by Crippen LogP contribution is 2.16. The van der Waals surface area contributed by atoms with Crippen molar-refractivity contribution in [2.75, 3.05) is 0 Å². The molecule has 0 atom stereocenters. The fourth-order valence-electron chi connectivity index (χ4n) is 1.20. The molecule has 60 valence electrons. The summed E-state index contributed by atoms with van der Waals surface area (Å²) in [5.41, 5.74) is 2.23. The van der Waals surface area contributed by atoms with Crippen molar-refractivity contribution in [3.63, 3.8) is 0 Å². The van der Waals surface area contributed by atoms with Crippen LogP contribution >= 0.6 is 0 Å². The molecule has 0 spiro atoms. The SMILES string of the molecule is Cc1ncc2cnncc2c1C. The van der Waals surface area contributed by atoms with E-state index in [0.717, 1.165) is 16.5 Å². The van der Waals surface area contributed by atoms with Crippen molar-refractivity contribution >= 4 is 10.8 Å². The standard InChI is InChI=1S/C9H9N3/c1-6-7(2)10-3-8-4-11-12-5-9(6)8/h3-5H,1-2H3. The second kappa shape index (κ2) is 2.52. The van der Waals surface area contributed by atoms with E-state index in [2.05, 4.69) is 15.2 Å². The summed E-state index contributed by atoms with van der Waals surface area (Å²) >= 11 is 0. The zero-order valence-electron chi connectivity index (χ0n) is 7.07. The van der Waals surface area contributed by atoms with Crippen molar-refractivity contribution in [1.82, 2.24) is 15.2 Å². The molecule has 0 radical (unpaired) electrons. The molecule has 0 aliphatic rings. The van der Waals surface area contributed by atoms with Crippen molar-refractivity contribution in [2.24, 2.45) is 0 Å². The smallest absolute Gasteiger partial charge is 0.0590 e. The van der Waals surface area contributed by atoms with Crippen LogP contribution in [0.15, 0.2) is 18.6 Å². The van der Waals surface area contributed by atoms with Crippen molar-refractivity contribution < 1.29 is 0 Å². The molecule has 0 saturated carbocycles. The molecule has 3 nitrogen and oxygen atoms in total. The fraction of sp³-hybridized carbons (Fsp3) is 0.222. The monoisotopic (exact) mass is 159 g/mol. The average Bonchev–Trinajstić information content (AvgIpc) is 2.12. The first-order chi connectivity index (χ1) is 5.79. The van der Waals surface area contributed by atoms with Gasteiger partial charge >= 0.3 is 0 Å². The highest BCUT2D eigenvalue weighted by Gasteiger charge is 2.00. The Morgan fingerprint density at radius 2 is 1.75 bits per heavy atom. The lowest BCUT2D eigenvalue weighted by molar-refractivity contribution is 1.04. The van der Waals surface area contributed by atoms with Crippen LogP contribution in [-0.4, -0.2) is 15.2 Å². The molecule has 2 heterocycles. The van der Waals surface area contributed by atoms with Crippen molar-refractivity contribution in [3.8, 4) is 0 Å². The minimum absolute atomic E-state index is 1.05. The Hall–Kier alpha value is -1.51. The number of hydrogen-bond donors (Lipinski definition) is 0. The first kappa shape index (κ1) is 7.16. The van der Waals surface area contributed by atoms with E-state index >= 15 is 0 Å². The summed E-state index contributed by atoms with van der Waals surface area (Å²) in [6.07, 6.45) is 5.33. The second-order valence-corrected chi connectivity index (χ2v) is 2.83. The third kappa shape index (κ3) is 0.942. The Morgan fingerprint density at radius 3 is 2.58 bits per heavy atom. The van der Waals surface area contributed by atoms with Gasteiger partial charge in [0, 0.05) is 22.7 Å². The molecule has 0 N–H and O–H groups in total. The van der Waals surface area contributed by atoms with Gasteiger partial charge in [-0.3, -0.25) is 4.98 Å². The lowest BCUT2D eigenvalue weighted by Gasteiger charge is -2.01. The van der Waals surface area contributed by atoms with E-state index in [1.807, 2.05) is 20.0 Å². The van der Waals surface area contributed by atoms with Crippen molar-refractivity contribution in [3.05, 3.63) is 29.8 Å².